The first-order valence-corrected chi connectivity index (χ1v) is 9.22. The number of aromatic amines is 1. The van der Waals surface area contributed by atoms with Gasteiger partial charge >= 0.3 is 0 Å². The summed E-state index contributed by atoms with van der Waals surface area (Å²) < 4.78 is 0. The Kier molecular flexibility index (Phi) is 4.55. The molecule has 3 aromatic rings. The van der Waals surface area contributed by atoms with Crippen LogP contribution in [-0.4, -0.2) is 10.9 Å². The highest BCUT2D eigenvalue weighted by Crippen LogP contribution is 2.29. The fourth-order valence-electron chi connectivity index (χ4n) is 3.75. The zero-order valence-electron chi connectivity index (χ0n) is 14.5. The number of amides is 1. The molecule has 0 unspecified atom stereocenters. The van der Waals surface area contributed by atoms with E-state index in [4.69, 9.17) is 0 Å². The van der Waals surface area contributed by atoms with Gasteiger partial charge in [-0.25, -0.2) is 0 Å². The molecular weight excluding hydrogens is 308 g/mol. The molecule has 2 aromatic carbocycles. The lowest BCUT2D eigenvalue weighted by Gasteiger charge is -2.11. The number of carbonyl (C=O) groups is 1. The lowest BCUT2D eigenvalue weighted by molar-refractivity contribution is -0.121. The van der Waals surface area contributed by atoms with Gasteiger partial charge in [0.05, 0.1) is 0 Å². The minimum absolute atomic E-state index is 0.111. The van der Waals surface area contributed by atoms with Crippen LogP contribution in [0.4, 0.5) is 0 Å². The van der Waals surface area contributed by atoms with Crippen molar-refractivity contribution in [3.63, 3.8) is 0 Å². The second kappa shape index (κ2) is 7.14. The van der Waals surface area contributed by atoms with Gasteiger partial charge in [0.1, 0.15) is 0 Å². The molecule has 25 heavy (non-hydrogen) atoms. The van der Waals surface area contributed by atoms with Crippen molar-refractivity contribution in [2.24, 2.45) is 0 Å². The second-order valence-corrected chi connectivity index (χ2v) is 6.93. The smallest absolute Gasteiger partial charge is 0.220 e. The van der Waals surface area contributed by atoms with Crippen LogP contribution in [0.15, 0.2) is 48.5 Å². The van der Waals surface area contributed by atoms with Crippen LogP contribution in [0.2, 0.25) is 0 Å². The van der Waals surface area contributed by atoms with Crippen LogP contribution in [0, 0.1) is 0 Å². The van der Waals surface area contributed by atoms with Gasteiger partial charge in [-0.05, 0) is 60.9 Å². The Bertz CT molecular complexity index is 880. The van der Waals surface area contributed by atoms with Gasteiger partial charge in [-0.15, -0.1) is 0 Å². The first-order chi connectivity index (χ1) is 12.3. The monoisotopic (exact) mass is 332 g/mol. The third-order valence-electron chi connectivity index (χ3n) is 5.14. The van der Waals surface area contributed by atoms with E-state index >= 15 is 0 Å². The van der Waals surface area contributed by atoms with E-state index in [0.29, 0.717) is 13.0 Å². The van der Waals surface area contributed by atoms with E-state index in [1.54, 1.807) is 0 Å². The van der Waals surface area contributed by atoms with Crippen LogP contribution < -0.4 is 5.32 Å². The lowest BCUT2D eigenvalue weighted by Crippen LogP contribution is -2.22. The highest BCUT2D eigenvalue weighted by Gasteiger charge is 2.15. The molecule has 0 fully saturated rings. The van der Waals surface area contributed by atoms with Crippen LogP contribution in [0.5, 0.6) is 0 Å². The third kappa shape index (κ3) is 3.60. The van der Waals surface area contributed by atoms with Crippen molar-refractivity contribution >= 4 is 16.8 Å². The number of nitrogens with one attached hydrogen (secondary N) is 2. The van der Waals surface area contributed by atoms with Crippen molar-refractivity contribution in [3.8, 4) is 0 Å². The molecule has 2 N–H and O–H groups in total. The molecule has 4 rings (SSSR count). The quantitative estimate of drug-likeness (QED) is 0.719. The Morgan fingerprint density at radius 2 is 1.84 bits per heavy atom. The molecule has 128 valence electrons. The first-order valence-electron chi connectivity index (χ1n) is 9.22. The third-order valence-corrected chi connectivity index (χ3v) is 5.14. The average molecular weight is 332 g/mol. The molecule has 1 aliphatic carbocycles. The Balaban J connectivity index is 1.38. The molecule has 0 bridgehead atoms. The Morgan fingerprint density at radius 1 is 1.00 bits per heavy atom. The predicted octanol–water partition coefficient (Wildman–Crippen LogP) is 4.30. The number of fused-ring (bicyclic) bond motifs is 3. The van der Waals surface area contributed by atoms with Crippen molar-refractivity contribution in [1.82, 2.24) is 10.3 Å². The minimum atomic E-state index is 0.111. The predicted molar refractivity (Wildman–Crippen MR) is 102 cm³/mol. The standard InChI is InChI=1S/C22H24N2O/c25-22(13-11-16-6-2-1-3-7-16)23-15-17-10-12-21-19(14-17)18-8-4-5-9-20(18)24-21/h1-3,6-7,10,12,14,24H,4-5,8-9,11,13,15H2,(H,23,25). The zero-order chi connectivity index (χ0) is 17.1. The van der Waals surface area contributed by atoms with Gasteiger partial charge in [-0.1, -0.05) is 36.4 Å². The van der Waals surface area contributed by atoms with E-state index in [-0.39, 0.29) is 5.91 Å². The summed E-state index contributed by atoms with van der Waals surface area (Å²) in [6.45, 7) is 0.601. The van der Waals surface area contributed by atoms with Crippen molar-refractivity contribution in [3.05, 3.63) is 70.9 Å². The minimum Gasteiger partial charge on any atom is -0.358 e. The molecule has 1 aliphatic rings. The van der Waals surface area contributed by atoms with Crippen molar-refractivity contribution in [2.45, 2.75) is 45.1 Å². The van der Waals surface area contributed by atoms with Gasteiger partial charge < -0.3 is 10.3 Å². The fourth-order valence-corrected chi connectivity index (χ4v) is 3.75. The molecule has 1 heterocycles. The second-order valence-electron chi connectivity index (χ2n) is 6.93. The molecule has 0 radical (unpaired) electrons. The summed E-state index contributed by atoms with van der Waals surface area (Å²) in [6, 6.07) is 16.7. The molecule has 3 heteroatoms. The summed E-state index contributed by atoms with van der Waals surface area (Å²) in [5.74, 6) is 0.111. The highest BCUT2D eigenvalue weighted by molar-refractivity contribution is 5.85. The molecule has 0 aliphatic heterocycles. The fraction of sp³-hybridized carbons (Fsp3) is 0.318. The normalized spacial score (nSPS) is 13.6. The van der Waals surface area contributed by atoms with Gasteiger partial charge in [-0.2, -0.15) is 0 Å². The van der Waals surface area contributed by atoms with E-state index in [2.05, 4.69) is 40.6 Å². The number of benzene rings is 2. The van der Waals surface area contributed by atoms with Gasteiger partial charge in [0, 0.05) is 29.6 Å². The zero-order valence-corrected chi connectivity index (χ0v) is 14.5. The van der Waals surface area contributed by atoms with E-state index in [9.17, 15) is 4.79 Å². The van der Waals surface area contributed by atoms with E-state index in [1.165, 1.54) is 52.5 Å². The van der Waals surface area contributed by atoms with Crippen molar-refractivity contribution < 1.29 is 4.79 Å². The Labute approximate surface area is 148 Å². The number of H-pyrrole nitrogens is 1. The SMILES string of the molecule is O=C(CCc1ccccc1)NCc1ccc2[nH]c3c(c2c1)CCCC3. The molecule has 0 atom stereocenters. The number of hydrogen-bond acceptors (Lipinski definition) is 1. The van der Waals surface area contributed by atoms with Crippen LogP contribution in [0.1, 0.15) is 41.6 Å². The maximum absolute atomic E-state index is 12.1. The Morgan fingerprint density at radius 3 is 2.72 bits per heavy atom. The topological polar surface area (TPSA) is 44.9 Å². The van der Waals surface area contributed by atoms with E-state index in [0.717, 1.165) is 12.8 Å². The number of aryl methyl sites for hydroxylation is 3. The molecule has 1 aromatic heterocycles. The lowest BCUT2D eigenvalue weighted by atomic mass is 9.95. The summed E-state index contributed by atoms with van der Waals surface area (Å²) in [4.78, 5) is 15.7. The van der Waals surface area contributed by atoms with Gasteiger partial charge in [0.15, 0.2) is 0 Å². The van der Waals surface area contributed by atoms with E-state index < -0.39 is 0 Å². The van der Waals surface area contributed by atoms with Gasteiger partial charge in [0.25, 0.3) is 0 Å². The summed E-state index contributed by atoms with van der Waals surface area (Å²) in [6.07, 6.45) is 6.21. The highest BCUT2D eigenvalue weighted by atomic mass is 16.1. The number of aromatic nitrogens is 1. The summed E-state index contributed by atoms with van der Waals surface area (Å²) in [5, 5.41) is 4.40. The van der Waals surface area contributed by atoms with Crippen LogP contribution in [-0.2, 0) is 30.6 Å². The van der Waals surface area contributed by atoms with Crippen molar-refractivity contribution in [1.29, 1.82) is 0 Å². The van der Waals surface area contributed by atoms with Crippen molar-refractivity contribution in [2.75, 3.05) is 0 Å². The number of hydrogen-bond donors (Lipinski definition) is 2. The molecular formula is C22H24N2O. The molecule has 1 amide bonds. The van der Waals surface area contributed by atoms with Gasteiger partial charge in [0.2, 0.25) is 5.91 Å². The molecule has 0 spiro atoms. The first kappa shape index (κ1) is 15.9. The maximum atomic E-state index is 12.1. The van der Waals surface area contributed by atoms with Crippen LogP contribution in [0.25, 0.3) is 10.9 Å². The molecule has 0 saturated heterocycles. The van der Waals surface area contributed by atoms with Crippen LogP contribution >= 0.6 is 0 Å². The molecule has 0 saturated carbocycles. The van der Waals surface area contributed by atoms with Gasteiger partial charge in [-0.3, -0.25) is 4.79 Å². The number of rotatable bonds is 5. The van der Waals surface area contributed by atoms with Crippen LogP contribution in [0.3, 0.4) is 0 Å². The average Bonchev–Trinajstić information content (AvgIpc) is 3.03. The summed E-state index contributed by atoms with van der Waals surface area (Å²) >= 11 is 0. The number of carbonyl (C=O) groups excluding carboxylic acids is 1. The maximum Gasteiger partial charge on any atom is 0.220 e. The van der Waals surface area contributed by atoms with E-state index in [1.807, 2.05) is 18.2 Å². The molecule has 3 nitrogen and oxygen atoms in total. The summed E-state index contributed by atoms with van der Waals surface area (Å²) in [7, 11) is 0. The largest absolute Gasteiger partial charge is 0.358 e. The summed E-state index contributed by atoms with van der Waals surface area (Å²) in [5.41, 5.74) is 6.50. The Hall–Kier alpha value is -2.55.